The summed E-state index contributed by atoms with van der Waals surface area (Å²) >= 11 is 0. The van der Waals surface area contributed by atoms with Crippen LogP contribution in [-0.4, -0.2) is 32.1 Å². The number of halogens is 7. The van der Waals surface area contributed by atoms with Gasteiger partial charge in [-0.1, -0.05) is 24.3 Å². The number of ether oxygens (including phenoxy) is 1. The van der Waals surface area contributed by atoms with Crippen LogP contribution in [-0.2, 0) is 27.2 Å². The van der Waals surface area contributed by atoms with Gasteiger partial charge in [-0.05, 0) is 66.1 Å². The lowest BCUT2D eigenvalue weighted by atomic mass is 10.0. The Morgan fingerprint density at radius 1 is 0.976 bits per heavy atom. The molecule has 0 fully saturated rings. The second-order valence-electron chi connectivity index (χ2n) is 9.02. The van der Waals surface area contributed by atoms with E-state index in [1.807, 2.05) is 0 Å². The van der Waals surface area contributed by atoms with Crippen molar-refractivity contribution >= 4 is 33.8 Å². The lowest BCUT2D eigenvalue weighted by Gasteiger charge is -2.35. The number of anilines is 1. The number of carbonyl (C=O) groups is 1. The van der Waals surface area contributed by atoms with Crippen molar-refractivity contribution in [2.75, 3.05) is 10.8 Å². The van der Waals surface area contributed by atoms with E-state index >= 15 is 0 Å². The van der Waals surface area contributed by atoms with Crippen LogP contribution in [0.4, 0.5) is 36.4 Å². The van der Waals surface area contributed by atoms with Gasteiger partial charge in [0.25, 0.3) is 10.0 Å². The van der Waals surface area contributed by atoms with Gasteiger partial charge in [-0.2, -0.15) is 26.3 Å². The summed E-state index contributed by atoms with van der Waals surface area (Å²) in [6.07, 6.45) is -8.92. The molecular formula is C27H20F7NO5S. The molecule has 1 aliphatic rings. The Kier molecular flexibility index (Phi) is 8.07. The minimum atomic E-state index is -4.83. The number of aliphatic carboxylic acids is 1. The standard InChI is InChI=1S/C27H20F7NO5S/c28-19-7-9-22(27(32,33)34)17(13-19)6-4-16-5-10-24-23(12-16)35(15-20(40-24)8-11-25(36)37)41(38,39)21-3-1-2-18(14-21)26(29,30)31/h1-7,9-10,12-14,20H,8,11,15H2,(H,36,37). The average Bonchev–Trinajstić information content (AvgIpc) is 2.89. The Hall–Kier alpha value is -4.07. The average molecular weight is 604 g/mol. The first-order valence-electron chi connectivity index (χ1n) is 11.8. The molecule has 3 aromatic carbocycles. The fourth-order valence-electron chi connectivity index (χ4n) is 4.17. The predicted octanol–water partition coefficient (Wildman–Crippen LogP) is 6.85. The SMILES string of the molecule is O=C(O)CCC1CN(S(=O)(=O)c2cccc(C(F)(F)F)c2)c2cc(C=Cc3cc(F)ccc3C(F)(F)F)ccc2O1. The van der Waals surface area contributed by atoms with Gasteiger partial charge >= 0.3 is 18.3 Å². The minimum Gasteiger partial charge on any atom is -0.486 e. The molecule has 0 aliphatic carbocycles. The van der Waals surface area contributed by atoms with E-state index in [0.29, 0.717) is 30.3 Å². The summed E-state index contributed by atoms with van der Waals surface area (Å²) in [5, 5.41) is 9.03. The van der Waals surface area contributed by atoms with E-state index in [0.717, 1.165) is 22.5 Å². The molecule has 0 amide bonds. The van der Waals surface area contributed by atoms with Crippen LogP contribution in [0.2, 0.25) is 0 Å². The fourth-order valence-corrected chi connectivity index (χ4v) is 5.72. The molecule has 0 spiro atoms. The number of carboxylic acid groups (broad SMARTS) is 1. The van der Waals surface area contributed by atoms with Gasteiger partial charge < -0.3 is 9.84 Å². The second kappa shape index (κ2) is 11.1. The summed E-state index contributed by atoms with van der Waals surface area (Å²) in [5.74, 6) is -2.13. The van der Waals surface area contributed by atoms with E-state index in [-0.39, 0.29) is 29.8 Å². The Labute approximate surface area is 229 Å². The van der Waals surface area contributed by atoms with Crippen molar-refractivity contribution in [1.82, 2.24) is 0 Å². The summed E-state index contributed by atoms with van der Waals surface area (Å²) in [6.45, 7) is -0.450. The summed E-state index contributed by atoms with van der Waals surface area (Å²) in [4.78, 5) is 10.4. The highest BCUT2D eigenvalue weighted by atomic mass is 32.2. The van der Waals surface area contributed by atoms with E-state index in [1.54, 1.807) is 0 Å². The quantitative estimate of drug-likeness (QED) is 0.236. The largest absolute Gasteiger partial charge is 0.486 e. The highest BCUT2D eigenvalue weighted by molar-refractivity contribution is 7.92. The number of benzene rings is 3. The van der Waals surface area contributed by atoms with Crippen LogP contribution in [0.25, 0.3) is 12.2 Å². The third-order valence-corrected chi connectivity index (χ3v) is 7.89. The molecule has 1 unspecified atom stereocenters. The maximum atomic E-state index is 13.7. The topological polar surface area (TPSA) is 83.9 Å². The van der Waals surface area contributed by atoms with Crippen molar-refractivity contribution in [3.05, 3.63) is 88.7 Å². The maximum absolute atomic E-state index is 13.7. The van der Waals surface area contributed by atoms with Crippen molar-refractivity contribution in [1.29, 1.82) is 0 Å². The van der Waals surface area contributed by atoms with Crippen LogP contribution >= 0.6 is 0 Å². The van der Waals surface area contributed by atoms with E-state index in [4.69, 9.17) is 9.84 Å². The molecule has 1 N–H and O–H groups in total. The molecule has 0 bridgehead atoms. The van der Waals surface area contributed by atoms with Crippen LogP contribution in [0.5, 0.6) is 5.75 Å². The Morgan fingerprint density at radius 3 is 2.37 bits per heavy atom. The third-order valence-electron chi connectivity index (χ3n) is 6.12. The smallest absolute Gasteiger partial charge is 0.416 e. The molecule has 0 radical (unpaired) electrons. The van der Waals surface area contributed by atoms with E-state index < -0.39 is 68.4 Å². The van der Waals surface area contributed by atoms with Crippen molar-refractivity contribution < 1.29 is 53.8 Å². The predicted molar refractivity (Wildman–Crippen MR) is 134 cm³/mol. The fraction of sp³-hybridized carbons (Fsp3) is 0.222. The summed E-state index contributed by atoms with van der Waals surface area (Å²) < 4.78 is 127. The first-order valence-corrected chi connectivity index (χ1v) is 13.3. The van der Waals surface area contributed by atoms with Crippen molar-refractivity contribution in [2.45, 2.75) is 36.2 Å². The van der Waals surface area contributed by atoms with E-state index in [2.05, 4.69) is 0 Å². The van der Waals surface area contributed by atoms with Crippen LogP contribution in [0.15, 0.2) is 65.6 Å². The van der Waals surface area contributed by atoms with E-state index in [9.17, 15) is 43.9 Å². The molecule has 41 heavy (non-hydrogen) atoms. The Morgan fingerprint density at radius 2 is 1.71 bits per heavy atom. The molecule has 0 aromatic heterocycles. The van der Waals surface area contributed by atoms with Gasteiger partial charge in [0, 0.05) is 6.42 Å². The monoisotopic (exact) mass is 603 g/mol. The number of rotatable bonds is 7. The second-order valence-corrected chi connectivity index (χ2v) is 10.9. The highest BCUT2D eigenvalue weighted by Crippen LogP contribution is 2.40. The van der Waals surface area contributed by atoms with Gasteiger partial charge in [-0.25, -0.2) is 12.8 Å². The molecule has 6 nitrogen and oxygen atoms in total. The number of alkyl halides is 6. The number of fused-ring (bicyclic) bond motifs is 1. The normalized spacial score (nSPS) is 16.0. The highest BCUT2D eigenvalue weighted by Gasteiger charge is 2.37. The molecule has 4 rings (SSSR count). The first-order chi connectivity index (χ1) is 19.1. The zero-order valence-corrected chi connectivity index (χ0v) is 21.5. The number of sulfonamides is 1. The lowest BCUT2D eigenvalue weighted by molar-refractivity contribution is -0.138. The van der Waals surface area contributed by atoms with Crippen molar-refractivity contribution in [3.63, 3.8) is 0 Å². The van der Waals surface area contributed by atoms with Crippen LogP contribution in [0.1, 0.15) is 35.1 Å². The van der Waals surface area contributed by atoms with Crippen LogP contribution in [0.3, 0.4) is 0 Å². The molecule has 14 heteroatoms. The zero-order chi connectivity index (χ0) is 30.2. The van der Waals surface area contributed by atoms with Gasteiger partial charge in [-0.3, -0.25) is 9.10 Å². The van der Waals surface area contributed by atoms with Gasteiger partial charge in [-0.15, -0.1) is 0 Å². The molecule has 218 valence electrons. The number of hydrogen-bond acceptors (Lipinski definition) is 4. The van der Waals surface area contributed by atoms with Gasteiger partial charge in [0.2, 0.25) is 0 Å². The summed E-state index contributed by atoms with van der Waals surface area (Å²) in [6, 6.07) is 8.88. The minimum absolute atomic E-state index is 0.0407. The van der Waals surface area contributed by atoms with Crippen molar-refractivity contribution in [2.24, 2.45) is 0 Å². The molecule has 1 aliphatic heterocycles. The number of nitrogens with zero attached hydrogens (tertiary/aromatic N) is 1. The first kappa shape index (κ1) is 29.9. The lowest BCUT2D eigenvalue weighted by Crippen LogP contribution is -2.43. The molecular weight excluding hydrogens is 583 g/mol. The van der Waals surface area contributed by atoms with Crippen LogP contribution in [0, 0.1) is 5.82 Å². The molecule has 1 atom stereocenters. The van der Waals surface area contributed by atoms with Gasteiger partial charge in [0.1, 0.15) is 17.7 Å². The number of carboxylic acids is 1. The molecule has 0 saturated heterocycles. The summed E-state index contributed by atoms with van der Waals surface area (Å²) in [5.41, 5.74) is -2.77. The zero-order valence-electron chi connectivity index (χ0n) is 20.7. The third kappa shape index (κ3) is 6.81. The van der Waals surface area contributed by atoms with Crippen LogP contribution < -0.4 is 9.04 Å². The molecule has 3 aromatic rings. The van der Waals surface area contributed by atoms with Crippen molar-refractivity contribution in [3.8, 4) is 5.75 Å². The molecule has 1 heterocycles. The molecule has 0 saturated carbocycles. The summed E-state index contributed by atoms with van der Waals surface area (Å²) in [7, 11) is -4.66. The van der Waals surface area contributed by atoms with Gasteiger partial charge in [0.15, 0.2) is 0 Å². The number of hydrogen-bond donors (Lipinski definition) is 1. The van der Waals surface area contributed by atoms with Gasteiger partial charge in [0.05, 0.1) is 28.3 Å². The maximum Gasteiger partial charge on any atom is 0.416 e. The Bertz CT molecular complexity index is 1600. The Balaban J connectivity index is 1.77. The van der Waals surface area contributed by atoms with E-state index in [1.165, 1.54) is 24.3 Å².